The van der Waals surface area contributed by atoms with Crippen LogP contribution in [0.3, 0.4) is 0 Å². The van der Waals surface area contributed by atoms with Crippen LogP contribution in [-0.4, -0.2) is 9.97 Å². The quantitative estimate of drug-likeness (QED) is 0.777. The molecule has 1 aromatic carbocycles. The molecular formula is C14H11Cl2FN2. The molecule has 19 heavy (non-hydrogen) atoms. The largest absolute Gasteiger partial charge is 0.220 e. The van der Waals surface area contributed by atoms with E-state index in [1.165, 1.54) is 18.9 Å². The lowest BCUT2D eigenvalue weighted by molar-refractivity contribution is 0.631. The van der Waals surface area contributed by atoms with Gasteiger partial charge in [-0.25, -0.2) is 14.4 Å². The van der Waals surface area contributed by atoms with E-state index in [4.69, 9.17) is 23.2 Å². The summed E-state index contributed by atoms with van der Waals surface area (Å²) in [4.78, 5) is 8.47. The van der Waals surface area contributed by atoms with Crippen LogP contribution in [0.2, 0.25) is 10.3 Å². The lowest BCUT2D eigenvalue weighted by Crippen LogP contribution is -2.00. The third-order valence-corrected chi connectivity index (χ3v) is 3.73. The normalized spacial score (nSPS) is 14.7. The summed E-state index contributed by atoms with van der Waals surface area (Å²) in [6.07, 6.45) is 3.19. The summed E-state index contributed by atoms with van der Waals surface area (Å²) < 4.78 is 13.8. The van der Waals surface area contributed by atoms with Gasteiger partial charge in [-0.05, 0) is 24.8 Å². The van der Waals surface area contributed by atoms with Crippen LogP contribution in [0.25, 0.3) is 11.1 Å². The highest BCUT2D eigenvalue weighted by atomic mass is 35.5. The minimum absolute atomic E-state index is 0.209. The van der Waals surface area contributed by atoms with E-state index >= 15 is 0 Å². The first kappa shape index (κ1) is 12.8. The van der Waals surface area contributed by atoms with Crippen LogP contribution in [-0.2, 0) is 6.42 Å². The lowest BCUT2D eigenvalue weighted by atomic mass is 10.1. The van der Waals surface area contributed by atoms with E-state index in [-0.39, 0.29) is 16.1 Å². The average molecular weight is 297 g/mol. The van der Waals surface area contributed by atoms with Gasteiger partial charge in [-0.3, -0.25) is 0 Å². The van der Waals surface area contributed by atoms with Gasteiger partial charge in [0.1, 0.15) is 21.9 Å². The maximum atomic E-state index is 13.8. The van der Waals surface area contributed by atoms with Crippen LogP contribution in [0, 0.1) is 11.7 Å². The van der Waals surface area contributed by atoms with Gasteiger partial charge in [-0.2, -0.15) is 0 Å². The van der Waals surface area contributed by atoms with Gasteiger partial charge < -0.3 is 0 Å². The standard InChI is InChI=1S/C14H11Cl2FN2/c15-13-12(9-3-1-2-4-10(9)17)14(16)19-11(18-13)7-8-5-6-8/h1-4,8H,5-7H2. The highest BCUT2D eigenvalue weighted by Gasteiger charge is 2.24. The summed E-state index contributed by atoms with van der Waals surface area (Å²) in [7, 11) is 0. The van der Waals surface area contributed by atoms with Crippen LogP contribution in [0.15, 0.2) is 24.3 Å². The Morgan fingerprint density at radius 3 is 2.32 bits per heavy atom. The SMILES string of the molecule is Fc1ccccc1-c1c(Cl)nc(CC2CC2)nc1Cl. The number of hydrogen-bond donors (Lipinski definition) is 0. The van der Waals surface area contributed by atoms with Crippen molar-refractivity contribution in [2.24, 2.45) is 5.92 Å². The van der Waals surface area contributed by atoms with Crippen molar-refractivity contribution in [1.29, 1.82) is 0 Å². The van der Waals surface area contributed by atoms with Gasteiger partial charge in [0.05, 0.1) is 5.56 Å². The molecule has 1 fully saturated rings. The van der Waals surface area contributed by atoms with Crippen LogP contribution in [0.1, 0.15) is 18.7 Å². The average Bonchev–Trinajstić information content (AvgIpc) is 3.14. The smallest absolute Gasteiger partial charge is 0.142 e. The molecule has 98 valence electrons. The van der Waals surface area contributed by atoms with Crippen molar-refractivity contribution in [3.63, 3.8) is 0 Å². The van der Waals surface area contributed by atoms with Gasteiger partial charge >= 0.3 is 0 Å². The Morgan fingerprint density at radius 1 is 1.11 bits per heavy atom. The molecule has 0 radical (unpaired) electrons. The van der Waals surface area contributed by atoms with Crippen molar-refractivity contribution in [2.45, 2.75) is 19.3 Å². The summed E-state index contributed by atoms with van der Waals surface area (Å²) in [5.74, 6) is 0.897. The summed E-state index contributed by atoms with van der Waals surface area (Å²) in [5.41, 5.74) is 0.691. The molecule has 2 aromatic rings. The zero-order chi connectivity index (χ0) is 13.4. The Hall–Kier alpha value is -1.19. The summed E-state index contributed by atoms with van der Waals surface area (Å²) in [5, 5.41) is 0.418. The van der Waals surface area contributed by atoms with E-state index in [1.807, 2.05) is 0 Å². The van der Waals surface area contributed by atoms with Gasteiger partial charge in [-0.15, -0.1) is 0 Å². The van der Waals surface area contributed by atoms with Crippen LogP contribution in [0.5, 0.6) is 0 Å². The van der Waals surface area contributed by atoms with E-state index in [1.54, 1.807) is 18.2 Å². The Morgan fingerprint density at radius 2 is 1.74 bits per heavy atom. The first-order valence-corrected chi connectivity index (χ1v) is 6.87. The molecule has 0 aliphatic heterocycles. The maximum Gasteiger partial charge on any atom is 0.142 e. The summed E-state index contributed by atoms with van der Waals surface area (Å²) >= 11 is 12.3. The number of benzene rings is 1. The fourth-order valence-electron chi connectivity index (χ4n) is 2.01. The van der Waals surface area contributed by atoms with Crippen molar-refractivity contribution in [3.8, 4) is 11.1 Å². The van der Waals surface area contributed by atoms with Crippen molar-refractivity contribution in [2.75, 3.05) is 0 Å². The second-order valence-corrected chi connectivity index (χ2v) is 5.44. The predicted molar refractivity (Wildman–Crippen MR) is 73.9 cm³/mol. The molecule has 0 N–H and O–H groups in total. The molecule has 2 nitrogen and oxygen atoms in total. The molecule has 0 bridgehead atoms. The van der Waals surface area contributed by atoms with E-state index in [0.29, 0.717) is 22.9 Å². The van der Waals surface area contributed by atoms with Gasteiger partial charge in [0.2, 0.25) is 0 Å². The number of rotatable bonds is 3. The highest BCUT2D eigenvalue weighted by molar-refractivity contribution is 6.37. The molecule has 1 heterocycles. The molecule has 0 atom stereocenters. The summed E-state index contributed by atoms with van der Waals surface area (Å²) in [6.45, 7) is 0. The van der Waals surface area contributed by atoms with Gasteiger partial charge in [-0.1, -0.05) is 41.4 Å². The Balaban J connectivity index is 2.04. The van der Waals surface area contributed by atoms with Crippen LogP contribution < -0.4 is 0 Å². The molecule has 0 saturated heterocycles. The minimum atomic E-state index is -0.384. The number of nitrogens with zero attached hydrogens (tertiary/aromatic N) is 2. The third-order valence-electron chi connectivity index (χ3n) is 3.18. The molecule has 1 saturated carbocycles. The Bertz CT molecular complexity index is 604. The molecule has 0 spiro atoms. The lowest BCUT2D eigenvalue weighted by Gasteiger charge is -2.09. The monoisotopic (exact) mass is 296 g/mol. The topological polar surface area (TPSA) is 25.8 Å². The van der Waals surface area contributed by atoms with E-state index < -0.39 is 0 Å². The highest BCUT2D eigenvalue weighted by Crippen LogP contribution is 2.36. The zero-order valence-electron chi connectivity index (χ0n) is 10.0. The predicted octanol–water partition coefficient (Wildman–Crippen LogP) is 4.54. The van der Waals surface area contributed by atoms with E-state index in [2.05, 4.69) is 9.97 Å². The summed E-state index contributed by atoms with van der Waals surface area (Å²) in [6, 6.07) is 6.32. The van der Waals surface area contributed by atoms with Crippen LogP contribution in [0.4, 0.5) is 4.39 Å². The van der Waals surface area contributed by atoms with Crippen molar-refractivity contribution in [1.82, 2.24) is 9.97 Å². The molecule has 1 aliphatic carbocycles. The third kappa shape index (κ3) is 2.72. The van der Waals surface area contributed by atoms with Gasteiger partial charge in [0, 0.05) is 12.0 Å². The minimum Gasteiger partial charge on any atom is -0.220 e. The molecule has 3 rings (SSSR count). The van der Waals surface area contributed by atoms with E-state index in [9.17, 15) is 4.39 Å². The molecule has 0 amide bonds. The zero-order valence-corrected chi connectivity index (χ0v) is 11.5. The van der Waals surface area contributed by atoms with Crippen molar-refractivity contribution in [3.05, 3.63) is 46.2 Å². The van der Waals surface area contributed by atoms with Crippen LogP contribution >= 0.6 is 23.2 Å². The first-order chi connectivity index (χ1) is 9.15. The number of aromatic nitrogens is 2. The number of halogens is 3. The van der Waals surface area contributed by atoms with Gasteiger partial charge in [0.15, 0.2) is 0 Å². The second-order valence-electron chi connectivity index (χ2n) is 4.72. The molecule has 0 unspecified atom stereocenters. The van der Waals surface area contributed by atoms with Gasteiger partial charge in [0.25, 0.3) is 0 Å². The number of hydrogen-bond acceptors (Lipinski definition) is 2. The molecular weight excluding hydrogens is 286 g/mol. The van der Waals surface area contributed by atoms with Crippen molar-refractivity contribution < 1.29 is 4.39 Å². The molecule has 5 heteroatoms. The molecule has 1 aromatic heterocycles. The second kappa shape index (κ2) is 5.06. The fourth-order valence-corrected chi connectivity index (χ4v) is 2.63. The molecule has 1 aliphatic rings. The first-order valence-electron chi connectivity index (χ1n) is 6.12. The van der Waals surface area contributed by atoms with Crippen molar-refractivity contribution >= 4 is 23.2 Å². The Kier molecular flexibility index (Phi) is 3.42. The fraction of sp³-hybridized carbons (Fsp3) is 0.286. The maximum absolute atomic E-state index is 13.8. The Labute approximate surface area is 120 Å². The van der Waals surface area contributed by atoms with E-state index in [0.717, 1.165) is 6.42 Å².